The summed E-state index contributed by atoms with van der Waals surface area (Å²) in [6.45, 7) is 1.55. The second-order valence-corrected chi connectivity index (χ2v) is 7.58. The highest BCUT2D eigenvalue weighted by atomic mass is 79.9. The number of ether oxygens (including phenoxy) is 1. The van der Waals surface area contributed by atoms with Crippen LogP contribution in [0, 0.1) is 6.92 Å². The van der Waals surface area contributed by atoms with Crippen LogP contribution in [0.2, 0.25) is 0 Å². The summed E-state index contributed by atoms with van der Waals surface area (Å²) >= 11 is 5.04. The van der Waals surface area contributed by atoms with E-state index >= 15 is 0 Å². The number of carboxylic acid groups (broad SMARTS) is 1. The Morgan fingerprint density at radius 2 is 1.88 bits per heavy atom. The number of aryl methyl sites for hydroxylation is 1. The first-order valence-corrected chi connectivity index (χ1v) is 9.60. The minimum Gasteiger partial charge on any atom is -0.482 e. The summed E-state index contributed by atoms with van der Waals surface area (Å²) in [5.41, 5.74) is 1.64. The standard InChI is InChI=1S/C19H19BrO4S/c1-13-11-16(8-9-18(13)24-12-19(22)23)25-10-2-3-17(21)14-4-6-15(20)7-5-14/h4-9,11H,2-3,10,12H2,1H3,(H,22,23). The summed E-state index contributed by atoms with van der Waals surface area (Å²) < 4.78 is 6.17. The van der Waals surface area contributed by atoms with E-state index in [0.717, 1.165) is 32.7 Å². The third-order valence-electron chi connectivity index (χ3n) is 3.48. The van der Waals surface area contributed by atoms with Crippen LogP contribution in [-0.4, -0.2) is 29.2 Å². The van der Waals surface area contributed by atoms with Crippen LogP contribution in [-0.2, 0) is 4.79 Å². The molecule has 0 unspecified atom stereocenters. The Bertz CT molecular complexity index is 744. The highest BCUT2D eigenvalue weighted by molar-refractivity contribution is 9.10. The molecule has 0 aliphatic carbocycles. The Hall–Kier alpha value is -1.79. The van der Waals surface area contributed by atoms with Gasteiger partial charge in [-0.3, -0.25) is 4.79 Å². The first-order chi connectivity index (χ1) is 12.0. The van der Waals surface area contributed by atoms with Gasteiger partial charge in [0.15, 0.2) is 12.4 Å². The van der Waals surface area contributed by atoms with Gasteiger partial charge in [-0.15, -0.1) is 11.8 Å². The van der Waals surface area contributed by atoms with Crippen molar-refractivity contribution in [3.8, 4) is 5.75 Å². The van der Waals surface area contributed by atoms with E-state index in [1.54, 1.807) is 17.8 Å². The van der Waals surface area contributed by atoms with E-state index in [0.29, 0.717) is 12.2 Å². The molecule has 0 aliphatic rings. The van der Waals surface area contributed by atoms with Gasteiger partial charge in [0.25, 0.3) is 0 Å². The fourth-order valence-corrected chi connectivity index (χ4v) is 3.43. The lowest BCUT2D eigenvalue weighted by atomic mass is 10.1. The van der Waals surface area contributed by atoms with Crippen molar-refractivity contribution < 1.29 is 19.4 Å². The van der Waals surface area contributed by atoms with E-state index in [-0.39, 0.29) is 12.4 Å². The van der Waals surface area contributed by atoms with E-state index in [4.69, 9.17) is 9.84 Å². The van der Waals surface area contributed by atoms with Crippen molar-refractivity contribution in [2.24, 2.45) is 0 Å². The van der Waals surface area contributed by atoms with Crippen LogP contribution in [0.3, 0.4) is 0 Å². The van der Waals surface area contributed by atoms with Crippen LogP contribution in [0.15, 0.2) is 51.8 Å². The highest BCUT2D eigenvalue weighted by Gasteiger charge is 2.07. The Labute approximate surface area is 159 Å². The molecular weight excluding hydrogens is 404 g/mol. The van der Waals surface area contributed by atoms with E-state index < -0.39 is 5.97 Å². The number of hydrogen-bond donors (Lipinski definition) is 1. The predicted octanol–water partition coefficient (Wildman–Crippen LogP) is 4.98. The Morgan fingerprint density at radius 1 is 1.16 bits per heavy atom. The number of hydrogen-bond acceptors (Lipinski definition) is 4. The minimum atomic E-state index is -0.992. The van der Waals surface area contributed by atoms with Gasteiger partial charge in [0.2, 0.25) is 0 Å². The number of carboxylic acids is 1. The number of carbonyl (C=O) groups is 2. The van der Waals surface area contributed by atoms with Crippen molar-refractivity contribution in [2.75, 3.05) is 12.4 Å². The van der Waals surface area contributed by atoms with Crippen LogP contribution < -0.4 is 4.74 Å². The molecule has 0 aliphatic heterocycles. The summed E-state index contributed by atoms with van der Waals surface area (Å²) in [6, 6.07) is 13.1. The zero-order valence-corrected chi connectivity index (χ0v) is 16.2. The van der Waals surface area contributed by atoms with Crippen LogP contribution in [0.5, 0.6) is 5.75 Å². The molecule has 6 heteroatoms. The van der Waals surface area contributed by atoms with E-state index in [9.17, 15) is 9.59 Å². The third kappa shape index (κ3) is 6.55. The average Bonchev–Trinajstić information content (AvgIpc) is 2.58. The normalized spacial score (nSPS) is 10.5. The van der Waals surface area contributed by atoms with Gasteiger partial charge < -0.3 is 9.84 Å². The SMILES string of the molecule is Cc1cc(SCCCC(=O)c2ccc(Br)cc2)ccc1OCC(=O)O. The summed E-state index contributed by atoms with van der Waals surface area (Å²) in [6.07, 6.45) is 1.32. The number of ketones is 1. The predicted molar refractivity (Wildman–Crippen MR) is 103 cm³/mol. The number of thioether (sulfide) groups is 1. The van der Waals surface area contributed by atoms with Gasteiger partial charge in [0.1, 0.15) is 5.75 Å². The maximum absolute atomic E-state index is 12.1. The fraction of sp³-hybridized carbons (Fsp3) is 0.263. The number of aliphatic carboxylic acids is 1. The average molecular weight is 423 g/mol. The van der Waals surface area contributed by atoms with Gasteiger partial charge in [-0.2, -0.15) is 0 Å². The lowest BCUT2D eigenvalue weighted by molar-refractivity contribution is -0.139. The van der Waals surface area contributed by atoms with E-state index in [1.165, 1.54) is 0 Å². The van der Waals surface area contributed by atoms with Gasteiger partial charge in [0, 0.05) is 21.4 Å². The molecular formula is C19H19BrO4S. The molecule has 0 saturated carbocycles. The molecule has 0 heterocycles. The molecule has 0 spiro atoms. The van der Waals surface area contributed by atoms with Gasteiger partial charge in [-0.25, -0.2) is 4.79 Å². The fourth-order valence-electron chi connectivity index (χ4n) is 2.22. The van der Waals surface area contributed by atoms with Crippen molar-refractivity contribution in [3.63, 3.8) is 0 Å². The van der Waals surface area contributed by atoms with Gasteiger partial charge in [-0.1, -0.05) is 28.1 Å². The molecule has 132 valence electrons. The maximum atomic E-state index is 12.1. The molecule has 1 N–H and O–H groups in total. The molecule has 0 aromatic heterocycles. The first kappa shape index (κ1) is 19.5. The summed E-state index contributed by atoms with van der Waals surface area (Å²) in [4.78, 5) is 23.7. The smallest absolute Gasteiger partial charge is 0.341 e. The second-order valence-electron chi connectivity index (χ2n) is 5.49. The van der Waals surface area contributed by atoms with Crippen molar-refractivity contribution in [1.82, 2.24) is 0 Å². The van der Waals surface area contributed by atoms with Gasteiger partial charge >= 0.3 is 5.97 Å². The van der Waals surface area contributed by atoms with Crippen LogP contribution >= 0.6 is 27.7 Å². The molecule has 4 nitrogen and oxygen atoms in total. The van der Waals surface area contributed by atoms with Crippen molar-refractivity contribution >= 4 is 39.4 Å². The first-order valence-electron chi connectivity index (χ1n) is 7.82. The van der Waals surface area contributed by atoms with Crippen LogP contribution in [0.4, 0.5) is 0 Å². The molecule has 2 rings (SSSR count). The summed E-state index contributed by atoms with van der Waals surface area (Å²) in [5, 5.41) is 8.65. The Morgan fingerprint density at radius 3 is 2.52 bits per heavy atom. The number of benzene rings is 2. The molecule has 0 bridgehead atoms. The monoisotopic (exact) mass is 422 g/mol. The Balaban J connectivity index is 1.77. The van der Waals surface area contributed by atoms with Crippen LogP contribution in [0.25, 0.3) is 0 Å². The molecule has 0 saturated heterocycles. The molecule has 0 fully saturated rings. The molecule has 25 heavy (non-hydrogen) atoms. The second kappa shape index (κ2) is 9.63. The summed E-state index contributed by atoms with van der Waals surface area (Å²) in [7, 11) is 0. The number of carbonyl (C=O) groups excluding carboxylic acids is 1. The zero-order valence-electron chi connectivity index (χ0n) is 13.8. The number of Topliss-reactive ketones (excluding diaryl/α,β-unsaturated/α-hetero) is 1. The van der Waals surface area contributed by atoms with Gasteiger partial charge in [-0.05, 0) is 55.0 Å². The van der Waals surface area contributed by atoms with E-state index in [1.807, 2.05) is 43.3 Å². The number of rotatable bonds is 9. The third-order valence-corrected chi connectivity index (χ3v) is 5.09. The maximum Gasteiger partial charge on any atom is 0.341 e. The van der Waals surface area contributed by atoms with Gasteiger partial charge in [0.05, 0.1) is 0 Å². The molecule has 2 aromatic carbocycles. The largest absolute Gasteiger partial charge is 0.482 e. The molecule has 0 amide bonds. The van der Waals surface area contributed by atoms with Crippen LogP contribution in [0.1, 0.15) is 28.8 Å². The topological polar surface area (TPSA) is 63.6 Å². The van der Waals surface area contributed by atoms with E-state index in [2.05, 4.69) is 15.9 Å². The quantitative estimate of drug-likeness (QED) is 0.350. The molecule has 2 aromatic rings. The lowest BCUT2D eigenvalue weighted by Gasteiger charge is -2.09. The van der Waals surface area contributed by atoms with Crippen molar-refractivity contribution in [3.05, 3.63) is 58.1 Å². The lowest BCUT2D eigenvalue weighted by Crippen LogP contribution is -2.10. The molecule has 0 radical (unpaired) electrons. The zero-order chi connectivity index (χ0) is 18.2. The highest BCUT2D eigenvalue weighted by Crippen LogP contribution is 2.26. The molecule has 0 atom stereocenters. The minimum absolute atomic E-state index is 0.154. The number of halogens is 1. The Kier molecular flexibility index (Phi) is 7.52. The summed E-state index contributed by atoms with van der Waals surface area (Å²) in [5.74, 6) is 0.587. The van der Waals surface area contributed by atoms with Crippen molar-refractivity contribution in [2.45, 2.75) is 24.7 Å². The van der Waals surface area contributed by atoms with Crippen molar-refractivity contribution in [1.29, 1.82) is 0 Å².